The summed E-state index contributed by atoms with van der Waals surface area (Å²) >= 11 is 1.67. The first-order valence-corrected chi connectivity index (χ1v) is 8.09. The van der Waals surface area contributed by atoms with Crippen molar-refractivity contribution < 1.29 is 14.6 Å². The second-order valence-electron chi connectivity index (χ2n) is 6.53. The number of nitrogens with zero attached hydrogens (tertiary/aromatic N) is 2. The molecule has 0 radical (unpaired) electrons. The van der Waals surface area contributed by atoms with Crippen LogP contribution >= 0.6 is 11.3 Å². The number of aliphatic hydroxyl groups excluding tert-OH is 1. The maximum atomic E-state index is 11.9. The zero-order valence-electron chi connectivity index (χ0n) is 13.1. The standard InChI is InChI=1S/C15H24N2O3S/c1-15(2,3)14-16-8-10(21-14)9-17-7-5-6-11(18)12(17)13(19)20-4/h8,11-12,18H,5-7,9H2,1-4H3. The van der Waals surface area contributed by atoms with E-state index in [2.05, 4.69) is 25.8 Å². The number of esters is 1. The smallest absolute Gasteiger partial charge is 0.325 e. The van der Waals surface area contributed by atoms with Gasteiger partial charge in [0.2, 0.25) is 0 Å². The average Bonchev–Trinajstić information content (AvgIpc) is 2.87. The maximum Gasteiger partial charge on any atom is 0.325 e. The second kappa shape index (κ2) is 6.42. The molecule has 0 spiro atoms. The minimum Gasteiger partial charge on any atom is -0.468 e. The fraction of sp³-hybridized carbons (Fsp3) is 0.733. The van der Waals surface area contributed by atoms with Gasteiger partial charge in [0.25, 0.3) is 0 Å². The van der Waals surface area contributed by atoms with Crippen molar-refractivity contribution >= 4 is 17.3 Å². The number of ether oxygens (including phenoxy) is 1. The van der Waals surface area contributed by atoms with E-state index in [1.807, 2.05) is 11.1 Å². The number of likely N-dealkylation sites (tertiary alicyclic amines) is 1. The number of thiazole rings is 1. The van der Waals surface area contributed by atoms with E-state index in [-0.39, 0.29) is 11.4 Å². The van der Waals surface area contributed by atoms with E-state index in [4.69, 9.17) is 4.74 Å². The van der Waals surface area contributed by atoms with Gasteiger partial charge < -0.3 is 9.84 Å². The first kappa shape index (κ1) is 16.4. The van der Waals surface area contributed by atoms with E-state index in [1.165, 1.54) is 7.11 Å². The van der Waals surface area contributed by atoms with Gasteiger partial charge in [-0.2, -0.15) is 0 Å². The summed E-state index contributed by atoms with van der Waals surface area (Å²) in [6, 6.07) is -0.566. The molecular weight excluding hydrogens is 288 g/mol. The van der Waals surface area contributed by atoms with Crippen LogP contribution in [-0.4, -0.2) is 46.8 Å². The molecule has 1 saturated heterocycles. The highest BCUT2D eigenvalue weighted by molar-refractivity contribution is 7.11. The Morgan fingerprint density at radius 1 is 1.57 bits per heavy atom. The minimum atomic E-state index is -0.652. The highest BCUT2D eigenvalue weighted by atomic mass is 32.1. The lowest BCUT2D eigenvalue weighted by Gasteiger charge is -2.36. The number of hydrogen-bond acceptors (Lipinski definition) is 6. The van der Waals surface area contributed by atoms with Crippen LogP contribution in [0.1, 0.15) is 43.5 Å². The van der Waals surface area contributed by atoms with Gasteiger partial charge in [-0.3, -0.25) is 9.69 Å². The third kappa shape index (κ3) is 3.81. The normalized spacial score (nSPS) is 24.0. The third-order valence-corrected chi connectivity index (χ3v) is 5.11. The number of carbonyl (C=O) groups excluding carboxylic acids is 1. The lowest BCUT2D eigenvalue weighted by Crippen LogP contribution is -2.52. The summed E-state index contributed by atoms with van der Waals surface area (Å²) in [6.07, 6.45) is 2.76. The molecule has 118 valence electrons. The SMILES string of the molecule is COC(=O)C1C(O)CCCN1Cc1cnc(C(C)(C)C)s1. The molecule has 0 aliphatic carbocycles. The molecule has 1 aliphatic heterocycles. The van der Waals surface area contributed by atoms with Gasteiger partial charge in [0.15, 0.2) is 0 Å². The van der Waals surface area contributed by atoms with Crippen molar-refractivity contribution in [2.45, 2.75) is 57.7 Å². The van der Waals surface area contributed by atoms with Gasteiger partial charge >= 0.3 is 5.97 Å². The van der Waals surface area contributed by atoms with E-state index < -0.39 is 12.1 Å². The van der Waals surface area contributed by atoms with Crippen LogP contribution in [0.15, 0.2) is 6.20 Å². The lowest BCUT2D eigenvalue weighted by molar-refractivity contribution is -0.154. The van der Waals surface area contributed by atoms with Crippen LogP contribution < -0.4 is 0 Å². The molecule has 2 unspecified atom stereocenters. The molecule has 2 atom stereocenters. The number of aliphatic hydroxyl groups is 1. The van der Waals surface area contributed by atoms with Crippen molar-refractivity contribution in [3.05, 3.63) is 16.1 Å². The molecule has 6 heteroatoms. The summed E-state index contributed by atoms with van der Waals surface area (Å²) in [6.45, 7) is 7.83. The van der Waals surface area contributed by atoms with Crippen LogP contribution in [0.3, 0.4) is 0 Å². The Morgan fingerprint density at radius 2 is 2.29 bits per heavy atom. The van der Waals surface area contributed by atoms with Crippen LogP contribution in [0, 0.1) is 0 Å². The van der Waals surface area contributed by atoms with Crippen molar-refractivity contribution in [2.24, 2.45) is 0 Å². The van der Waals surface area contributed by atoms with Gasteiger partial charge in [0.1, 0.15) is 6.04 Å². The lowest BCUT2D eigenvalue weighted by atomic mass is 9.98. The largest absolute Gasteiger partial charge is 0.468 e. The highest BCUT2D eigenvalue weighted by Crippen LogP contribution is 2.29. The first-order valence-electron chi connectivity index (χ1n) is 7.28. The van der Waals surface area contributed by atoms with Gasteiger partial charge in [-0.25, -0.2) is 4.98 Å². The summed E-state index contributed by atoms with van der Waals surface area (Å²) in [5, 5.41) is 11.2. The Morgan fingerprint density at radius 3 is 2.86 bits per heavy atom. The van der Waals surface area contributed by atoms with Crippen LogP contribution in [0.5, 0.6) is 0 Å². The van der Waals surface area contributed by atoms with E-state index >= 15 is 0 Å². The fourth-order valence-electron chi connectivity index (χ4n) is 2.58. The Kier molecular flexibility index (Phi) is 5.01. The van der Waals surface area contributed by atoms with Crippen LogP contribution in [0.4, 0.5) is 0 Å². The third-order valence-electron chi connectivity index (χ3n) is 3.70. The van der Waals surface area contributed by atoms with Crippen molar-refractivity contribution in [1.29, 1.82) is 0 Å². The van der Waals surface area contributed by atoms with Crippen molar-refractivity contribution in [3.8, 4) is 0 Å². The molecular formula is C15H24N2O3S. The molecule has 5 nitrogen and oxygen atoms in total. The molecule has 2 rings (SSSR count). The second-order valence-corrected chi connectivity index (χ2v) is 7.64. The molecule has 2 heterocycles. The Hall–Kier alpha value is -0.980. The van der Waals surface area contributed by atoms with Crippen LogP contribution in [0.2, 0.25) is 0 Å². The van der Waals surface area contributed by atoms with Gasteiger partial charge in [-0.1, -0.05) is 20.8 Å². The molecule has 0 aromatic carbocycles. The summed E-state index contributed by atoms with van der Waals surface area (Å²) in [7, 11) is 1.37. The predicted molar refractivity (Wildman–Crippen MR) is 82.3 cm³/mol. The summed E-state index contributed by atoms with van der Waals surface area (Å²) < 4.78 is 4.83. The average molecular weight is 312 g/mol. The monoisotopic (exact) mass is 312 g/mol. The minimum absolute atomic E-state index is 0.0338. The van der Waals surface area contributed by atoms with Gasteiger partial charge in [0, 0.05) is 23.0 Å². The number of rotatable bonds is 3. The number of aromatic nitrogens is 1. The van der Waals surface area contributed by atoms with Crippen molar-refractivity contribution in [3.63, 3.8) is 0 Å². The summed E-state index contributed by atoms with van der Waals surface area (Å²) in [5.74, 6) is -0.359. The van der Waals surface area contributed by atoms with E-state index in [9.17, 15) is 9.90 Å². The van der Waals surface area contributed by atoms with Crippen molar-refractivity contribution in [2.75, 3.05) is 13.7 Å². The quantitative estimate of drug-likeness (QED) is 0.864. The van der Waals surface area contributed by atoms with Gasteiger partial charge in [-0.15, -0.1) is 11.3 Å². The summed E-state index contributed by atoms with van der Waals surface area (Å²) in [5.41, 5.74) is 0.0338. The van der Waals surface area contributed by atoms with Crippen molar-refractivity contribution in [1.82, 2.24) is 9.88 Å². The molecule has 1 aromatic heterocycles. The van der Waals surface area contributed by atoms with Crippen LogP contribution in [0.25, 0.3) is 0 Å². The number of methoxy groups -OCH3 is 1. The molecule has 1 aliphatic rings. The number of piperidine rings is 1. The number of hydrogen-bond donors (Lipinski definition) is 1. The highest BCUT2D eigenvalue weighted by Gasteiger charge is 2.36. The fourth-order valence-corrected chi connectivity index (χ4v) is 3.57. The Balaban J connectivity index is 2.12. The molecule has 1 aromatic rings. The molecule has 0 bridgehead atoms. The zero-order valence-corrected chi connectivity index (χ0v) is 13.9. The maximum absolute atomic E-state index is 11.9. The first-order chi connectivity index (χ1) is 9.82. The van der Waals surface area contributed by atoms with E-state index in [0.29, 0.717) is 13.0 Å². The van der Waals surface area contributed by atoms with Gasteiger partial charge in [0.05, 0.1) is 18.2 Å². The van der Waals surface area contributed by atoms with E-state index in [1.54, 1.807) is 11.3 Å². The zero-order chi connectivity index (χ0) is 15.6. The molecule has 1 fully saturated rings. The molecule has 0 amide bonds. The topological polar surface area (TPSA) is 62.7 Å². The molecule has 0 saturated carbocycles. The summed E-state index contributed by atoms with van der Waals surface area (Å²) in [4.78, 5) is 19.5. The molecule has 21 heavy (non-hydrogen) atoms. The Labute approximate surface area is 129 Å². The number of carbonyl (C=O) groups is 1. The predicted octanol–water partition coefficient (Wildman–Crippen LogP) is 1.94. The Bertz CT molecular complexity index is 495. The van der Waals surface area contributed by atoms with E-state index in [0.717, 1.165) is 22.9 Å². The van der Waals surface area contributed by atoms with Crippen LogP contribution in [-0.2, 0) is 21.5 Å². The van der Waals surface area contributed by atoms with Gasteiger partial charge in [-0.05, 0) is 19.4 Å². The molecule has 1 N–H and O–H groups in total.